The number of unbranched alkanes of at least 4 members (excludes halogenated alkanes) is 26. The number of carbonyl (C=O) groups is 3. The average molecular weight is 751 g/mol. The third-order valence-electron chi connectivity index (χ3n) is 10.5. The molecular weight excluding hydrogens is 661 g/mol. The molecule has 0 fully saturated rings. The minimum Gasteiger partial charge on any atom is -0.462 e. The van der Waals surface area contributed by atoms with Gasteiger partial charge in [0.15, 0.2) is 6.10 Å². The van der Waals surface area contributed by atoms with E-state index in [-0.39, 0.29) is 31.1 Å². The largest absolute Gasteiger partial charge is 0.462 e. The molecule has 0 aromatic heterocycles. The quantitative estimate of drug-likeness (QED) is 0.0352. The lowest BCUT2D eigenvalue weighted by Crippen LogP contribution is -2.30. The van der Waals surface area contributed by atoms with Crippen molar-refractivity contribution in [3.8, 4) is 0 Å². The molecule has 0 amide bonds. The SMILES string of the molecule is CCCCCCCCCC(=O)O[C@@H](COC(=O)CCCCCCCCCCCCCCC(C)C)COC(=O)CCCCCCCCCCCCC(C)C. The minimum atomic E-state index is -0.759. The van der Waals surface area contributed by atoms with Gasteiger partial charge in [0.1, 0.15) is 13.2 Å². The Balaban J connectivity index is 4.22. The lowest BCUT2D eigenvalue weighted by atomic mass is 10.0. The van der Waals surface area contributed by atoms with Crippen LogP contribution in [0.2, 0.25) is 0 Å². The van der Waals surface area contributed by atoms with E-state index in [1.807, 2.05) is 0 Å². The van der Waals surface area contributed by atoms with Gasteiger partial charge in [0, 0.05) is 19.3 Å². The predicted octanol–water partition coefficient (Wildman–Crippen LogP) is 14.6. The number of hydrogen-bond donors (Lipinski definition) is 0. The monoisotopic (exact) mass is 751 g/mol. The highest BCUT2D eigenvalue weighted by Gasteiger charge is 2.19. The van der Waals surface area contributed by atoms with E-state index >= 15 is 0 Å². The fourth-order valence-electron chi connectivity index (χ4n) is 6.93. The van der Waals surface area contributed by atoms with Crippen molar-refractivity contribution in [2.45, 2.75) is 259 Å². The van der Waals surface area contributed by atoms with Crippen LogP contribution in [0.3, 0.4) is 0 Å². The summed E-state index contributed by atoms with van der Waals surface area (Å²) in [6.07, 6.45) is 38.1. The van der Waals surface area contributed by atoms with Gasteiger partial charge in [-0.25, -0.2) is 0 Å². The summed E-state index contributed by atoms with van der Waals surface area (Å²) >= 11 is 0. The van der Waals surface area contributed by atoms with Crippen LogP contribution in [0, 0.1) is 11.8 Å². The van der Waals surface area contributed by atoms with Gasteiger partial charge < -0.3 is 14.2 Å². The highest BCUT2D eigenvalue weighted by Crippen LogP contribution is 2.16. The van der Waals surface area contributed by atoms with Crippen molar-refractivity contribution < 1.29 is 28.6 Å². The maximum absolute atomic E-state index is 12.6. The average Bonchev–Trinajstić information content (AvgIpc) is 3.12. The zero-order chi connectivity index (χ0) is 39.0. The molecule has 0 bridgehead atoms. The second kappa shape index (κ2) is 40.1. The second-order valence-corrected chi connectivity index (χ2v) is 17.0. The molecule has 0 aliphatic carbocycles. The highest BCUT2D eigenvalue weighted by molar-refractivity contribution is 5.71. The van der Waals surface area contributed by atoms with Crippen LogP contribution in [-0.4, -0.2) is 37.2 Å². The van der Waals surface area contributed by atoms with Crippen molar-refractivity contribution in [1.82, 2.24) is 0 Å². The third kappa shape index (κ3) is 41.4. The summed E-state index contributed by atoms with van der Waals surface area (Å²) in [6.45, 7) is 11.3. The Morgan fingerprint density at radius 3 is 0.925 bits per heavy atom. The molecule has 0 N–H and O–H groups in total. The third-order valence-corrected chi connectivity index (χ3v) is 10.5. The molecule has 1 atom stereocenters. The van der Waals surface area contributed by atoms with Crippen LogP contribution in [-0.2, 0) is 28.6 Å². The topological polar surface area (TPSA) is 78.9 Å². The normalized spacial score (nSPS) is 12.1. The molecule has 53 heavy (non-hydrogen) atoms. The number of ether oxygens (including phenoxy) is 3. The molecule has 6 nitrogen and oxygen atoms in total. The van der Waals surface area contributed by atoms with Crippen molar-refractivity contribution in [1.29, 1.82) is 0 Å². The lowest BCUT2D eigenvalue weighted by Gasteiger charge is -2.18. The molecule has 0 saturated carbocycles. The minimum absolute atomic E-state index is 0.0652. The van der Waals surface area contributed by atoms with E-state index in [1.165, 1.54) is 141 Å². The standard InChI is InChI=1S/C47H90O6/c1-6-7-8-9-20-29-34-39-47(50)53-44(41-52-46(49)38-33-28-24-19-15-14-17-22-26-31-36-43(4)5)40-51-45(48)37-32-27-23-18-13-11-10-12-16-21-25-30-35-42(2)3/h42-44H,6-41H2,1-5H3/t44-/m0/s1. The molecule has 0 spiro atoms. The maximum atomic E-state index is 12.6. The van der Waals surface area contributed by atoms with E-state index < -0.39 is 6.10 Å². The van der Waals surface area contributed by atoms with Gasteiger partial charge in [-0.2, -0.15) is 0 Å². The van der Waals surface area contributed by atoms with Gasteiger partial charge in [-0.05, 0) is 31.1 Å². The van der Waals surface area contributed by atoms with Crippen LogP contribution >= 0.6 is 0 Å². The first-order valence-electron chi connectivity index (χ1n) is 23.2. The summed E-state index contributed by atoms with van der Waals surface area (Å²) < 4.78 is 16.7. The molecule has 0 unspecified atom stereocenters. The molecule has 0 aromatic rings. The Morgan fingerprint density at radius 2 is 0.623 bits per heavy atom. The molecule has 0 aliphatic rings. The van der Waals surface area contributed by atoms with Crippen molar-refractivity contribution in [2.24, 2.45) is 11.8 Å². The Kier molecular flexibility index (Phi) is 38.9. The second-order valence-electron chi connectivity index (χ2n) is 17.0. The van der Waals surface area contributed by atoms with Crippen LogP contribution in [0.1, 0.15) is 253 Å². The maximum Gasteiger partial charge on any atom is 0.306 e. The zero-order valence-corrected chi connectivity index (χ0v) is 36.1. The van der Waals surface area contributed by atoms with E-state index in [1.54, 1.807) is 0 Å². The smallest absolute Gasteiger partial charge is 0.306 e. The van der Waals surface area contributed by atoms with Crippen molar-refractivity contribution in [3.63, 3.8) is 0 Å². The molecule has 6 heteroatoms. The van der Waals surface area contributed by atoms with Gasteiger partial charge in [-0.1, -0.05) is 214 Å². The van der Waals surface area contributed by atoms with Crippen molar-refractivity contribution in [3.05, 3.63) is 0 Å². The first-order valence-corrected chi connectivity index (χ1v) is 23.2. The Hall–Kier alpha value is -1.59. The van der Waals surface area contributed by atoms with Crippen LogP contribution in [0.15, 0.2) is 0 Å². The first-order chi connectivity index (χ1) is 25.7. The molecule has 0 aromatic carbocycles. The van der Waals surface area contributed by atoms with E-state index in [2.05, 4.69) is 34.6 Å². The fourth-order valence-corrected chi connectivity index (χ4v) is 6.93. The van der Waals surface area contributed by atoms with Gasteiger partial charge in [0.05, 0.1) is 0 Å². The number of hydrogen-bond acceptors (Lipinski definition) is 6. The van der Waals surface area contributed by atoms with Crippen LogP contribution in [0.5, 0.6) is 0 Å². The molecule has 0 rings (SSSR count). The molecule has 0 heterocycles. The van der Waals surface area contributed by atoms with Crippen LogP contribution < -0.4 is 0 Å². The lowest BCUT2D eigenvalue weighted by molar-refractivity contribution is -0.167. The van der Waals surface area contributed by atoms with Crippen molar-refractivity contribution >= 4 is 17.9 Å². The summed E-state index contributed by atoms with van der Waals surface area (Å²) in [5.74, 6) is 0.790. The van der Waals surface area contributed by atoms with Gasteiger partial charge in [-0.3, -0.25) is 14.4 Å². The van der Waals surface area contributed by atoms with Gasteiger partial charge in [-0.15, -0.1) is 0 Å². The summed E-state index contributed by atoms with van der Waals surface area (Å²) in [5.41, 5.74) is 0. The Morgan fingerprint density at radius 1 is 0.358 bits per heavy atom. The molecular formula is C47H90O6. The van der Waals surface area contributed by atoms with Gasteiger partial charge in [0.25, 0.3) is 0 Å². The van der Waals surface area contributed by atoms with Crippen LogP contribution in [0.4, 0.5) is 0 Å². The van der Waals surface area contributed by atoms with E-state index in [0.717, 1.165) is 69.6 Å². The summed E-state index contributed by atoms with van der Waals surface area (Å²) in [6, 6.07) is 0. The highest BCUT2D eigenvalue weighted by atomic mass is 16.6. The summed E-state index contributed by atoms with van der Waals surface area (Å²) in [4.78, 5) is 37.6. The molecule has 0 radical (unpaired) electrons. The number of esters is 3. The summed E-state index contributed by atoms with van der Waals surface area (Å²) in [7, 11) is 0. The Labute approximate surface area is 329 Å². The van der Waals surface area contributed by atoms with E-state index in [9.17, 15) is 14.4 Å². The molecule has 0 aliphatic heterocycles. The fraction of sp³-hybridized carbons (Fsp3) is 0.936. The zero-order valence-electron chi connectivity index (χ0n) is 36.1. The first kappa shape index (κ1) is 51.4. The van der Waals surface area contributed by atoms with Gasteiger partial charge >= 0.3 is 17.9 Å². The molecule has 314 valence electrons. The number of rotatable bonds is 41. The molecule has 0 saturated heterocycles. The van der Waals surface area contributed by atoms with Crippen LogP contribution in [0.25, 0.3) is 0 Å². The predicted molar refractivity (Wildman–Crippen MR) is 224 cm³/mol. The Bertz CT molecular complexity index is 809. The summed E-state index contributed by atoms with van der Waals surface area (Å²) in [5, 5.41) is 0. The van der Waals surface area contributed by atoms with Gasteiger partial charge in [0.2, 0.25) is 0 Å². The van der Waals surface area contributed by atoms with E-state index in [0.29, 0.717) is 19.3 Å². The van der Waals surface area contributed by atoms with E-state index in [4.69, 9.17) is 14.2 Å². The number of carbonyl (C=O) groups excluding carboxylic acids is 3. The van der Waals surface area contributed by atoms with Crippen molar-refractivity contribution in [2.75, 3.05) is 13.2 Å².